The molecule has 0 bridgehead atoms. The van der Waals surface area contributed by atoms with E-state index >= 15 is 0 Å². The largest absolute Gasteiger partial charge is 0.256 e. The molecule has 66 valence electrons. The van der Waals surface area contributed by atoms with Gasteiger partial charge in [0, 0.05) is 11.6 Å². The van der Waals surface area contributed by atoms with Gasteiger partial charge < -0.3 is 0 Å². The smallest absolute Gasteiger partial charge is 0.0575 e. The van der Waals surface area contributed by atoms with E-state index in [0.717, 1.165) is 11.6 Å². The van der Waals surface area contributed by atoms with Crippen molar-refractivity contribution in [3.8, 4) is 0 Å². The summed E-state index contributed by atoms with van der Waals surface area (Å²) in [6.45, 7) is 0. The standard InChI is InChI=1S/C10H11NP2/c12-6-7-1-2-8-4-10(13)11-5-9(8)3-7/h1-5H,6,12-13H2. The normalized spacial score (nSPS) is 10.6. The minimum atomic E-state index is 0.992. The zero-order chi connectivity index (χ0) is 9.26. The van der Waals surface area contributed by atoms with Gasteiger partial charge in [-0.25, -0.2) is 0 Å². The van der Waals surface area contributed by atoms with Crippen LogP contribution in [0.2, 0.25) is 0 Å². The highest BCUT2D eigenvalue weighted by Crippen LogP contribution is 2.16. The molecule has 1 aromatic heterocycles. The van der Waals surface area contributed by atoms with Crippen LogP contribution in [0.3, 0.4) is 0 Å². The molecule has 0 spiro atoms. The van der Waals surface area contributed by atoms with Crippen LogP contribution in [-0.2, 0) is 6.16 Å². The average Bonchev–Trinajstić information content (AvgIpc) is 2.17. The third-order valence-electron chi connectivity index (χ3n) is 2.04. The first-order valence-electron chi connectivity index (χ1n) is 4.14. The molecule has 0 radical (unpaired) electrons. The fourth-order valence-corrected chi connectivity index (χ4v) is 1.84. The Hall–Kier alpha value is -0.510. The number of rotatable bonds is 1. The van der Waals surface area contributed by atoms with E-state index in [1.165, 1.54) is 16.3 Å². The second kappa shape index (κ2) is 3.70. The zero-order valence-electron chi connectivity index (χ0n) is 7.20. The number of fused-ring (bicyclic) bond motifs is 1. The van der Waals surface area contributed by atoms with Gasteiger partial charge in [0.1, 0.15) is 0 Å². The molecular formula is C10H11NP2. The van der Waals surface area contributed by atoms with E-state index in [9.17, 15) is 0 Å². The number of hydrogen-bond acceptors (Lipinski definition) is 1. The number of pyridine rings is 1. The van der Waals surface area contributed by atoms with Gasteiger partial charge in [-0.15, -0.1) is 9.24 Å². The minimum Gasteiger partial charge on any atom is -0.256 e. The number of hydrogen-bond donors (Lipinski definition) is 0. The highest BCUT2D eigenvalue weighted by atomic mass is 31.0. The molecule has 0 saturated carbocycles. The van der Waals surface area contributed by atoms with E-state index in [2.05, 4.69) is 47.7 Å². The fraction of sp³-hybridized carbons (Fsp3) is 0.100. The molecule has 0 amide bonds. The van der Waals surface area contributed by atoms with Gasteiger partial charge >= 0.3 is 0 Å². The minimum absolute atomic E-state index is 0.992. The molecule has 1 aromatic carbocycles. The highest BCUT2D eigenvalue weighted by Gasteiger charge is 1.95. The van der Waals surface area contributed by atoms with Gasteiger partial charge in [-0.2, -0.15) is 0 Å². The van der Waals surface area contributed by atoms with Crippen molar-refractivity contribution in [2.24, 2.45) is 0 Å². The Morgan fingerprint density at radius 1 is 1.15 bits per heavy atom. The summed E-state index contributed by atoms with van der Waals surface area (Å²) in [6.07, 6.45) is 2.92. The molecule has 0 aliphatic rings. The van der Waals surface area contributed by atoms with Crippen molar-refractivity contribution in [2.75, 3.05) is 0 Å². The molecule has 13 heavy (non-hydrogen) atoms. The third-order valence-corrected chi connectivity index (χ3v) is 2.83. The molecule has 2 unspecified atom stereocenters. The Kier molecular flexibility index (Phi) is 2.58. The summed E-state index contributed by atoms with van der Waals surface area (Å²) in [4.78, 5) is 4.24. The monoisotopic (exact) mass is 207 g/mol. The lowest BCUT2D eigenvalue weighted by Gasteiger charge is -2.01. The van der Waals surface area contributed by atoms with Crippen molar-refractivity contribution in [1.29, 1.82) is 0 Å². The number of nitrogens with zero attached hydrogens (tertiary/aromatic N) is 1. The van der Waals surface area contributed by atoms with Crippen LogP contribution in [0.1, 0.15) is 5.56 Å². The molecule has 3 heteroatoms. The molecule has 0 fully saturated rings. The molecule has 2 atom stereocenters. The lowest BCUT2D eigenvalue weighted by molar-refractivity contribution is 1.40. The Morgan fingerprint density at radius 2 is 2.00 bits per heavy atom. The average molecular weight is 207 g/mol. The van der Waals surface area contributed by atoms with Crippen molar-refractivity contribution in [3.63, 3.8) is 0 Å². The van der Waals surface area contributed by atoms with Crippen LogP contribution in [0.4, 0.5) is 0 Å². The van der Waals surface area contributed by atoms with Crippen LogP contribution in [0, 0.1) is 0 Å². The van der Waals surface area contributed by atoms with E-state index in [4.69, 9.17) is 0 Å². The second-order valence-corrected chi connectivity index (χ2v) is 3.99. The maximum atomic E-state index is 4.24. The van der Waals surface area contributed by atoms with Crippen molar-refractivity contribution in [3.05, 3.63) is 36.0 Å². The van der Waals surface area contributed by atoms with E-state index in [1.807, 2.05) is 6.20 Å². The van der Waals surface area contributed by atoms with Crippen molar-refractivity contribution < 1.29 is 0 Å². The lowest BCUT2D eigenvalue weighted by atomic mass is 10.1. The highest BCUT2D eigenvalue weighted by molar-refractivity contribution is 7.26. The quantitative estimate of drug-likeness (QED) is 0.652. The van der Waals surface area contributed by atoms with Crippen LogP contribution in [0.5, 0.6) is 0 Å². The summed E-state index contributed by atoms with van der Waals surface area (Å²) in [6, 6.07) is 8.55. The number of benzene rings is 1. The molecular weight excluding hydrogens is 196 g/mol. The molecule has 1 nitrogen and oxygen atoms in total. The summed E-state index contributed by atoms with van der Waals surface area (Å²) in [5.74, 6) is 0. The van der Waals surface area contributed by atoms with E-state index < -0.39 is 0 Å². The summed E-state index contributed by atoms with van der Waals surface area (Å²) >= 11 is 0. The molecule has 2 aromatic rings. The zero-order valence-corrected chi connectivity index (χ0v) is 9.51. The van der Waals surface area contributed by atoms with E-state index in [0.29, 0.717) is 0 Å². The first-order chi connectivity index (χ1) is 6.29. The van der Waals surface area contributed by atoms with Gasteiger partial charge in [0.25, 0.3) is 0 Å². The fourth-order valence-electron chi connectivity index (χ4n) is 1.34. The molecule has 0 N–H and O–H groups in total. The van der Waals surface area contributed by atoms with Gasteiger partial charge in [0.05, 0.1) is 5.44 Å². The summed E-state index contributed by atoms with van der Waals surface area (Å²) in [5, 5.41) is 2.47. The first-order valence-corrected chi connectivity index (χ1v) is 5.53. The Bertz CT molecular complexity index is 440. The topological polar surface area (TPSA) is 12.9 Å². The maximum absolute atomic E-state index is 4.24. The predicted octanol–water partition coefficient (Wildman–Crippen LogP) is 2.11. The molecule has 0 aliphatic carbocycles. The Morgan fingerprint density at radius 3 is 2.77 bits per heavy atom. The van der Waals surface area contributed by atoms with Crippen molar-refractivity contribution >= 4 is 34.7 Å². The SMILES string of the molecule is PCc1ccc2cc(P)ncc2c1. The van der Waals surface area contributed by atoms with Crippen LogP contribution >= 0.6 is 18.5 Å². The Labute approximate surface area is 82.4 Å². The number of aromatic nitrogens is 1. The second-order valence-electron chi connectivity index (χ2n) is 2.99. The molecule has 0 aliphatic heterocycles. The van der Waals surface area contributed by atoms with Crippen LogP contribution in [0.15, 0.2) is 30.5 Å². The van der Waals surface area contributed by atoms with Gasteiger partial charge in [-0.1, -0.05) is 21.4 Å². The summed E-state index contributed by atoms with van der Waals surface area (Å²) in [7, 11) is 5.34. The van der Waals surface area contributed by atoms with Crippen LogP contribution < -0.4 is 5.44 Å². The third kappa shape index (κ3) is 1.88. The molecule has 0 saturated heterocycles. The summed E-state index contributed by atoms with van der Waals surface area (Å²) < 4.78 is 0. The van der Waals surface area contributed by atoms with E-state index in [-0.39, 0.29) is 0 Å². The predicted molar refractivity (Wildman–Crippen MR) is 64.5 cm³/mol. The van der Waals surface area contributed by atoms with Crippen molar-refractivity contribution in [1.82, 2.24) is 4.98 Å². The lowest BCUT2D eigenvalue weighted by Crippen LogP contribution is -1.95. The summed E-state index contributed by atoms with van der Waals surface area (Å²) in [5.41, 5.74) is 2.32. The van der Waals surface area contributed by atoms with Crippen LogP contribution in [-0.4, -0.2) is 4.98 Å². The molecule has 2 rings (SSSR count). The van der Waals surface area contributed by atoms with Gasteiger partial charge in [-0.3, -0.25) is 4.98 Å². The first kappa shape index (κ1) is 9.06. The van der Waals surface area contributed by atoms with Crippen LogP contribution in [0.25, 0.3) is 10.8 Å². The molecule has 1 heterocycles. The van der Waals surface area contributed by atoms with Crippen molar-refractivity contribution in [2.45, 2.75) is 6.16 Å². The van der Waals surface area contributed by atoms with Gasteiger partial charge in [-0.05, 0) is 29.2 Å². The van der Waals surface area contributed by atoms with E-state index in [1.54, 1.807) is 0 Å². The van der Waals surface area contributed by atoms with Gasteiger partial charge in [0.2, 0.25) is 0 Å². The Balaban J connectivity index is 2.66. The maximum Gasteiger partial charge on any atom is 0.0575 e. The van der Waals surface area contributed by atoms with Gasteiger partial charge in [0.15, 0.2) is 0 Å².